The third-order valence-corrected chi connectivity index (χ3v) is 3.93. The Bertz CT molecular complexity index is 734. The van der Waals surface area contributed by atoms with Gasteiger partial charge in [0.1, 0.15) is 0 Å². The molecule has 25 heavy (non-hydrogen) atoms. The zero-order valence-corrected chi connectivity index (χ0v) is 14.2. The Balaban J connectivity index is 2.14. The van der Waals surface area contributed by atoms with Crippen LogP contribution >= 0.6 is 0 Å². The summed E-state index contributed by atoms with van der Waals surface area (Å²) in [6, 6.07) is 9.88. The number of carbonyl (C=O) groups excluding carboxylic acids is 2. The van der Waals surface area contributed by atoms with Crippen molar-refractivity contribution in [2.45, 2.75) is 32.7 Å². The second kappa shape index (κ2) is 8.28. The van der Waals surface area contributed by atoms with Gasteiger partial charge in [-0.05, 0) is 31.0 Å². The largest absolute Gasteiger partial charge is 0.481 e. The zero-order valence-electron chi connectivity index (χ0n) is 14.2. The topological polar surface area (TPSA) is 96.6 Å². The van der Waals surface area contributed by atoms with E-state index < -0.39 is 23.8 Å². The molecular weight excluding hydrogens is 322 g/mol. The maximum Gasteiger partial charge on any atom is 0.306 e. The van der Waals surface area contributed by atoms with Crippen LogP contribution in [-0.2, 0) is 16.0 Å². The monoisotopic (exact) mass is 343 g/mol. The molecule has 1 aromatic carbocycles. The van der Waals surface area contributed by atoms with Gasteiger partial charge in [-0.3, -0.25) is 14.4 Å². The fraction of sp³-hybridized carbons (Fsp3) is 0.316. The summed E-state index contributed by atoms with van der Waals surface area (Å²) in [4.78, 5) is 35.7. The van der Waals surface area contributed by atoms with Gasteiger partial charge in [0.25, 0.3) is 5.91 Å². The van der Waals surface area contributed by atoms with Crippen LogP contribution in [0.4, 0.5) is 0 Å². The van der Waals surface area contributed by atoms with Gasteiger partial charge in [-0.2, -0.15) is 0 Å². The first-order valence-electron chi connectivity index (χ1n) is 8.02. The summed E-state index contributed by atoms with van der Waals surface area (Å²) < 4.78 is 5.04. The van der Waals surface area contributed by atoms with E-state index in [0.717, 1.165) is 11.1 Å². The number of Topliss-reactive ketones (excluding diaryl/α,β-unsaturated/α-hetero) is 1. The summed E-state index contributed by atoms with van der Waals surface area (Å²) in [5.74, 6) is -2.57. The van der Waals surface area contributed by atoms with E-state index in [4.69, 9.17) is 9.52 Å². The first kappa shape index (κ1) is 18.4. The molecule has 0 bridgehead atoms. The third-order valence-electron chi connectivity index (χ3n) is 3.93. The predicted molar refractivity (Wildman–Crippen MR) is 91.3 cm³/mol. The normalized spacial score (nSPS) is 13.0. The minimum absolute atomic E-state index is 0.105. The number of rotatable bonds is 8. The van der Waals surface area contributed by atoms with Gasteiger partial charge in [0.05, 0.1) is 18.2 Å². The van der Waals surface area contributed by atoms with Crippen molar-refractivity contribution in [1.29, 1.82) is 0 Å². The van der Waals surface area contributed by atoms with Gasteiger partial charge in [-0.25, -0.2) is 0 Å². The Morgan fingerprint density at radius 2 is 1.84 bits per heavy atom. The van der Waals surface area contributed by atoms with Crippen molar-refractivity contribution < 1.29 is 23.9 Å². The second-order valence-corrected chi connectivity index (χ2v) is 6.10. The minimum Gasteiger partial charge on any atom is -0.481 e. The van der Waals surface area contributed by atoms with E-state index in [1.165, 1.54) is 19.3 Å². The van der Waals surface area contributed by atoms with Gasteiger partial charge in [0.15, 0.2) is 11.5 Å². The maximum absolute atomic E-state index is 12.5. The van der Waals surface area contributed by atoms with Crippen molar-refractivity contribution in [2.24, 2.45) is 5.92 Å². The summed E-state index contributed by atoms with van der Waals surface area (Å²) in [6.45, 7) is 3.43. The van der Waals surface area contributed by atoms with Crippen LogP contribution in [0.2, 0.25) is 0 Å². The molecule has 1 amide bonds. The molecule has 2 aromatic rings. The molecule has 0 saturated carbocycles. The molecule has 2 N–H and O–H groups in total. The summed E-state index contributed by atoms with van der Waals surface area (Å²) >= 11 is 0. The van der Waals surface area contributed by atoms with E-state index >= 15 is 0 Å². The van der Waals surface area contributed by atoms with Crippen LogP contribution in [0.15, 0.2) is 47.1 Å². The average Bonchev–Trinajstić information content (AvgIpc) is 3.10. The van der Waals surface area contributed by atoms with Gasteiger partial charge in [-0.1, -0.05) is 36.8 Å². The molecule has 0 aliphatic rings. The maximum atomic E-state index is 12.5. The number of amides is 1. The molecule has 0 fully saturated rings. The molecule has 2 atom stereocenters. The lowest BCUT2D eigenvalue weighted by Gasteiger charge is -2.18. The number of furan rings is 1. The van der Waals surface area contributed by atoms with Gasteiger partial charge >= 0.3 is 5.97 Å². The van der Waals surface area contributed by atoms with Crippen LogP contribution in [0.5, 0.6) is 0 Å². The van der Waals surface area contributed by atoms with Crippen LogP contribution in [0, 0.1) is 12.8 Å². The Kier molecular flexibility index (Phi) is 6.11. The number of aliphatic carboxylic acids is 1. The van der Waals surface area contributed by atoms with E-state index in [-0.39, 0.29) is 24.4 Å². The molecule has 0 aliphatic heterocycles. The lowest BCUT2D eigenvalue weighted by atomic mass is 9.95. The van der Waals surface area contributed by atoms with Crippen molar-refractivity contribution in [2.75, 3.05) is 0 Å². The van der Waals surface area contributed by atoms with E-state index in [9.17, 15) is 14.4 Å². The lowest BCUT2D eigenvalue weighted by Crippen LogP contribution is -2.43. The molecule has 0 spiro atoms. The summed E-state index contributed by atoms with van der Waals surface area (Å²) in [6.07, 6.45) is 1.51. The third kappa shape index (κ3) is 5.31. The molecule has 6 heteroatoms. The van der Waals surface area contributed by atoms with E-state index in [1.807, 2.05) is 31.2 Å². The molecular formula is C19H21NO5. The van der Waals surface area contributed by atoms with Crippen molar-refractivity contribution >= 4 is 17.7 Å². The highest BCUT2D eigenvalue weighted by Gasteiger charge is 2.26. The van der Waals surface area contributed by atoms with Crippen LogP contribution in [0.1, 0.15) is 35.0 Å². The van der Waals surface area contributed by atoms with E-state index in [0.29, 0.717) is 0 Å². The van der Waals surface area contributed by atoms with Crippen LogP contribution < -0.4 is 5.32 Å². The molecule has 2 unspecified atom stereocenters. The highest BCUT2D eigenvalue weighted by Crippen LogP contribution is 2.12. The number of hydrogen-bond donors (Lipinski definition) is 2. The number of aryl methyl sites for hydroxylation is 1. The van der Waals surface area contributed by atoms with Crippen LogP contribution in [0.3, 0.4) is 0 Å². The average molecular weight is 343 g/mol. The molecule has 0 aliphatic carbocycles. The highest BCUT2D eigenvalue weighted by molar-refractivity contribution is 5.96. The second-order valence-electron chi connectivity index (χ2n) is 6.10. The first-order chi connectivity index (χ1) is 11.9. The van der Waals surface area contributed by atoms with E-state index in [2.05, 4.69) is 5.32 Å². The Morgan fingerprint density at radius 3 is 2.40 bits per heavy atom. The number of hydrogen-bond acceptors (Lipinski definition) is 4. The predicted octanol–water partition coefficient (Wildman–Crippen LogP) is 2.61. The number of nitrogens with one attached hydrogen (secondary N) is 1. The number of benzene rings is 1. The fourth-order valence-corrected chi connectivity index (χ4v) is 2.37. The van der Waals surface area contributed by atoms with Gasteiger partial charge in [0, 0.05) is 6.42 Å². The number of carboxylic acid groups (broad SMARTS) is 1. The molecule has 6 nitrogen and oxygen atoms in total. The molecule has 0 radical (unpaired) electrons. The Hall–Kier alpha value is -2.89. The first-order valence-corrected chi connectivity index (χ1v) is 8.02. The fourth-order valence-electron chi connectivity index (χ4n) is 2.37. The molecule has 2 rings (SSSR count). The summed E-state index contributed by atoms with van der Waals surface area (Å²) in [5, 5.41) is 11.7. The van der Waals surface area contributed by atoms with Crippen molar-refractivity contribution in [1.82, 2.24) is 5.32 Å². The zero-order chi connectivity index (χ0) is 18.4. The molecule has 0 saturated heterocycles. The van der Waals surface area contributed by atoms with Gasteiger partial charge in [-0.15, -0.1) is 0 Å². The SMILES string of the molecule is Cc1ccc(CC(NC(=O)c2ccco2)C(=O)CC(C)C(=O)O)cc1. The van der Waals surface area contributed by atoms with Gasteiger partial charge in [0.2, 0.25) is 0 Å². The van der Waals surface area contributed by atoms with Crippen LogP contribution in [-0.4, -0.2) is 28.8 Å². The molecule has 132 valence electrons. The smallest absolute Gasteiger partial charge is 0.306 e. The summed E-state index contributed by atoms with van der Waals surface area (Å²) in [7, 11) is 0. The Morgan fingerprint density at radius 1 is 1.16 bits per heavy atom. The molecule has 1 heterocycles. The van der Waals surface area contributed by atoms with Crippen molar-refractivity contribution in [3.05, 3.63) is 59.5 Å². The van der Waals surface area contributed by atoms with E-state index in [1.54, 1.807) is 6.07 Å². The summed E-state index contributed by atoms with van der Waals surface area (Å²) in [5.41, 5.74) is 1.97. The van der Waals surface area contributed by atoms with Crippen molar-refractivity contribution in [3.8, 4) is 0 Å². The quantitative estimate of drug-likeness (QED) is 0.768. The number of carbonyl (C=O) groups is 3. The standard InChI is InChI=1S/C19H21NO5/c1-12-5-7-14(8-6-12)11-15(16(21)10-13(2)19(23)24)20-18(22)17-4-3-9-25-17/h3-9,13,15H,10-11H2,1-2H3,(H,20,22)(H,23,24). The number of carboxylic acids is 1. The number of ketones is 1. The minimum atomic E-state index is -1.04. The Labute approximate surface area is 145 Å². The molecule has 1 aromatic heterocycles. The van der Waals surface area contributed by atoms with Crippen LogP contribution in [0.25, 0.3) is 0 Å². The highest BCUT2D eigenvalue weighted by atomic mass is 16.4. The lowest BCUT2D eigenvalue weighted by molar-refractivity contribution is -0.143. The van der Waals surface area contributed by atoms with Gasteiger partial charge < -0.3 is 14.8 Å². The van der Waals surface area contributed by atoms with Crippen molar-refractivity contribution in [3.63, 3.8) is 0 Å².